The van der Waals surface area contributed by atoms with Gasteiger partial charge >= 0.3 is 0 Å². The molecule has 1 heterocycles. The van der Waals surface area contributed by atoms with Crippen molar-refractivity contribution in [2.75, 3.05) is 14.2 Å². The maximum Gasteiger partial charge on any atom is 0.231 e. The maximum absolute atomic E-state index is 13.8. The number of carbonyl (C=O) groups excluding carboxylic acids is 1. The lowest BCUT2D eigenvalue weighted by molar-refractivity contribution is 0.105. The van der Waals surface area contributed by atoms with Gasteiger partial charge in [0, 0.05) is 11.6 Å². The Hall–Kier alpha value is -4.84. The highest BCUT2D eigenvalue weighted by atomic mass is 16.5. The van der Waals surface area contributed by atoms with Crippen molar-refractivity contribution in [1.29, 1.82) is 0 Å². The predicted molar refractivity (Wildman–Crippen MR) is 143 cm³/mol. The summed E-state index contributed by atoms with van der Waals surface area (Å²) in [6.45, 7) is 0.439. The number of benzene rings is 4. The number of methoxy groups -OCH3 is 2. The van der Waals surface area contributed by atoms with E-state index in [4.69, 9.17) is 18.6 Å². The maximum atomic E-state index is 13.8. The van der Waals surface area contributed by atoms with Crippen molar-refractivity contribution in [3.05, 3.63) is 120 Å². The number of Topliss-reactive ketones (excluding diaryl/α,β-unsaturated/α-hetero) is 1. The lowest BCUT2D eigenvalue weighted by Gasteiger charge is -2.10. The zero-order valence-electron chi connectivity index (χ0n) is 20.5. The summed E-state index contributed by atoms with van der Waals surface area (Å²) in [6, 6.07) is 29.9. The van der Waals surface area contributed by atoms with Crippen molar-refractivity contribution in [2.45, 2.75) is 6.61 Å². The van der Waals surface area contributed by atoms with Crippen LogP contribution in [-0.2, 0) is 6.61 Å². The molecule has 5 aromatic rings. The van der Waals surface area contributed by atoms with E-state index >= 15 is 0 Å². The summed E-state index contributed by atoms with van der Waals surface area (Å²) in [5.41, 5.74) is 3.79. The molecule has 0 atom stereocenters. The van der Waals surface area contributed by atoms with Crippen molar-refractivity contribution in [1.82, 2.24) is 4.98 Å². The lowest BCUT2D eigenvalue weighted by atomic mass is 10.00. The molecule has 0 unspecified atom stereocenters. The number of rotatable bonds is 9. The van der Waals surface area contributed by atoms with Crippen LogP contribution in [0.5, 0.6) is 17.2 Å². The molecule has 0 bridgehead atoms. The zero-order chi connectivity index (χ0) is 25.6. The smallest absolute Gasteiger partial charge is 0.231 e. The third-order valence-corrected chi connectivity index (χ3v) is 5.80. The van der Waals surface area contributed by atoms with E-state index in [1.807, 2.05) is 78.9 Å². The third-order valence-electron chi connectivity index (χ3n) is 5.80. The molecular weight excluding hydrogens is 466 g/mol. The number of para-hydroxylation sites is 2. The minimum absolute atomic E-state index is 0.226. The van der Waals surface area contributed by atoms with E-state index < -0.39 is 0 Å². The van der Waals surface area contributed by atoms with Gasteiger partial charge in [0.15, 0.2) is 11.4 Å². The zero-order valence-corrected chi connectivity index (χ0v) is 20.5. The van der Waals surface area contributed by atoms with Gasteiger partial charge in [-0.2, -0.15) is 0 Å². The van der Waals surface area contributed by atoms with Gasteiger partial charge in [0.1, 0.15) is 29.4 Å². The molecule has 0 fully saturated rings. The molecule has 0 spiro atoms. The van der Waals surface area contributed by atoms with Gasteiger partial charge in [-0.1, -0.05) is 54.6 Å². The van der Waals surface area contributed by atoms with Crippen LogP contribution in [0.4, 0.5) is 0 Å². The van der Waals surface area contributed by atoms with Crippen LogP contribution in [0.1, 0.15) is 27.4 Å². The van der Waals surface area contributed by atoms with Gasteiger partial charge in [-0.25, -0.2) is 4.98 Å². The van der Waals surface area contributed by atoms with Crippen LogP contribution < -0.4 is 14.2 Å². The van der Waals surface area contributed by atoms with E-state index in [1.165, 1.54) is 0 Å². The Morgan fingerprint density at radius 1 is 0.811 bits per heavy atom. The number of allylic oxidation sites excluding steroid dienone is 1. The molecule has 6 heteroatoms. The number of ether oxygens (including phenoxy) is 3. The number of fused-ring (bicyclic) bond motifs is 1. The van der Waals surface area contributed by atoms with Crippen LogP contribution in [0.3, 0.4) is 0 Å². The van der Waals surface area contributed by atoms with Gasteiger partial charge in [-0.15, -0.1) is 0 Å². The molecule has 0 aliphatic heterocycles. The molecule has 0 radical (unpaired) electrons. The Kier molecular flexibility index (Phi) is 6.99. The van der Waals surface area contributed by atoms with Crippen LogP contribution in [0.2, 0.25) is 0 Å². The van der Waals surface area contributed by atoms with Gasteiger partial charge in [-0.05, 0) is 53.6 Å². The molecule has 4 aromatic carbocycles. The van der Waals surface area contributed by atoms with Crippen LogP contribution in [-0.4, -0.2) is 25.0 Å². The second kappa shape index (κ2) is 10.8. The normalized spacial score (nSPS) is 11.4. The Morgan fingerprint density at radius 2 is 1.54 bits per heavy atom. The van der Waals surface area contributed by atoms with Crippen LogP contribution in [0.25, 0.3) is 22.7 Å². The summed E-state index contributed by atoms with van der Waals surface area (Å²) in [6.07, 6.45) is 1.76. The fourth-order valence-corrected chi connectivity index (χ4v) is 3.91. The van der Waals surface area contributed by atoms with Crippen molar-refractivity contribution in [3.63, 3.8) is 0 Å². The van der Waals surface area contributed by atoms with E-state index in [0.29, 0.717) is 46.1 Å². The first-order valence-corrected chi connectivity index (χ1v) is 11.7. The fraction of sp³-hybridized carbons (Fsp3) is 0.0968. The Balaban J connectivity index is 1.54. The molecule has 0 saturated carbocycles. The van der Waals surface area contributed by atoms with E-state index in [-0.39, 0.29) is 11.7 Å². The van der Waals surface area contributed by atoms with E-state index in [0.717, 1.165) is 11.1 Å². The van der Waals surface area contributed by atoms with Crippen molar-refractivity contribution < 1.29 is 23.4 Å². The van der Waals surface area contributed by atoms with Crippen molar-refractivity contribution >= 4 is 28.5 Å². The molecule has 0 aliphatic carbocycles. The summed E-state index contributed by atoms with van der Waals surface area (Å²) in [7, 11) is 3.09. The summed E-state index contributed by atoms with van der Waals surface area (Å²) in [5.74, 6) is 1.65. The quantitative estimate of drug-likeness (QED) is 0.166. The second-order valence-electron chi connectivity index (χ2n) is 8.32. The first-order chi connectivity index (χ1) is 18.1. The molecule has 1 aromatic heterocycles. The minimum Gasteiger partial charge on any atom is -0.497 e. The van der Waals surface area contributed by atoms with E-state index in [1.54, 1.807) is 38.5 Å². The largest absolute Gasteiger partial charge is 0.497 e. The Bertz CT molecular complexity index is 1510. The summed E-state index contributed by atoms with van der Waals surface area (Å²) < 4.78 is 22.7. The average Bonchev–Trinajstić information content (AvgIpc) is 3.39. The third kappa shape index (κ3) is 5.54. The SMILES string of the molecule is COc1cc(OC)cc(C(=O)/C(=C\c2cccc(OCc3ccccc3)c2)c2nc3ccccc3o2)c1. The highest BCUT2D eigenvalue weighted by molar-refractivity contribution is 6.31. The number of hydrogen-bond donors (Lipinski definition) is 0. The number of ketones is 1. The first kappa shape index (κ1) is 23.9. The Morgan fingerprint density at radius 3 is 2.27 bits per heavy atom. The predicted octanol–water partition coefficient (Wildman–Crippen LogP) is 6.85. The molecular formula is C31H25NO5. The van der Waals surface area contributed by atoms with Crippen LogP contribution in [0, 0.1) is 0 Å². The lowest BCUT2D eigenvalue weighted by Crippen LogP contribution is -2.04. The van der Waals surface area contributed by atoms with Gasteiger partial charge < -0.3 is 18.6 Å². The molecule has 0 N–H and O–H groups in total. The molecule has 0 saturated heterocycles. The van der Waals surface area contributed by atoms with Crippen LogP contribution in [0.15, 0.2) is 101 Å². The van der Waals surface area contributed by atoms with Gasteiger partial charge in [-0.3, -0.25) is 4.79 Å². The Labute approximate surface area is 214 Å². The fourth-order valence-electron chi connectivity index (χ4n) is 3.91. The molecule has 0 aliphatic rings. The van der Waals surface area contributed by atoms with Gasteiger partial charge in [0.25, 0.3) is 0 Å². The number of oxazole rings is 1. The molecule has 0 amide bonds. The highest BCUT2D eigenvalue weighted by Crippen LogP contribution is 2.30. The molecule has 6 nitrogen and oxygen atoms in total. The first-order valence-electron chi connectivity index (χ1n) is 11.7. The van der Waals surface area contributed by atoms with Crippen LogP contribution >= 0.6 is 0 Å². The minimum atomic E-state index is -0.278. The number of hydrogen-bond acceptors (Lipinski definition) is 6. The van der Waals surface area contributed by atoms with Crippen molar-refractivity contribution in [2.24, 2.45) is 0 Å². The average molecular weight is 492 g/mol. The summed E-state index contributed by atoms with van der Waals surface area (Å²) in [4.78, 5) is 18.4. The summed E-state index contributed by atoms with van der Waals surface area (Å²) in [5, 5.41) is 0. The van der Waals surface area contributed by atoms with E-state index in [2.05, 4.69) is 4.98 Å². The number of nitrogens with zero attached hydrogens (tertiary/aromatic N) is 1. The van der Waals surface area contributed by atoms with Crippen molar-refractivity contribution in [3.8, 4) is 17.2 Å². The molecule has 5 rings (SSSR count). The van der Waals surface area contributed by atoms with E-state index in [9.17, 15) is 4.79 Å². The van der Waals surface area contributed by atoms with Gasteiger partial charge in [0.2, 0.25) is 5.89 Å². The number of carbonyl (C=O) groups is 1. The monoisotopic (exact) mass is 491 g/mol. The molecule has 184 valence electrons. The standard InChI is InChI=1S/C31H25NO5/c1-34-25-17-23(18-26(19-25)35-2)30(33)27(31-32-28-13-6-7-14-29(28)37-31)16-22-11-8-12-24(15-22)36-20-21-9-4-3-5-10-21/h3-19H,20H2,1-2H3/b27-16+. The highest BCUT2D eigenvalue weighted by Gasteiger charge is 2.22. The molecule has 37 heavy (non-hydrogen) atoms. The van der Waals surface area contributed by atoms with Gasteiger partial charge in [0.05, 0.1) is 19.8 Å². The second-order valence-corrected chi connectivity index (χ2v) is 8.32. The number of aromatic nitrogens is 1. The summed E-state index contributed by atoms with van der Waals surface area (Å²) >= 11 is 0. The topological polar surface area (TPSA) is 70.8 Å².